The van der Waals surface area contributed by atoms with Gasteiger partial charge in [-0.3, -0.25) is 0 Å². The number of halogens is 1. The van der Waals surface area contributed by atoms with E-state index in [1.807, 2.05) is 13.0 Å². The Morgan fingerprint density at radius 1 is 1.28 bits per heavy atom. The van der Waals surface area contributed by atoms with Crippen molar-refractivity contribution < 1.29 is 4.74 Å². The van der Waals surface area contributed by atoms with Crippen LogP contribution in [-0.4, -0.2) is 7.11 Å². The molecule has 1 heterocycles. The van der Waals surface area contributed by atoms with Crippen LogP contribution in [0.2, 0.25) is 0 Å². The summed E-state index contributed by atoms with van der Waals surface area (Å²) in [6.07, 6.45) is 1.06. The first-order valence-electron chi connectivity index (χ1n) is 6.03. The Morgan fingerprint density at radius 3 is 2.67 bits per heavy atom. The Bertz CT molecular complexity index is 533. The van der Waals surface area contributed by atoms with E-state index in [1.54, 1.807) is 18.4 Å². The number of ether oxygens (including phenoxy) is 1. The smallest absolute Gasteiger partial charge is 0.122 e. The highest BCUT2D eigenvalue weighted by atomic mass is 35.5. The van der Waals surface area contributed by atoms with Gasteiger partial charge in [-0.1, -0.05) is 19.1 Å². The molecule has 3 heteroatoms. The number of benzene rings is 1. The van der Waals surface area contributed by atoms with Crippen LogP contribution in [0.15, 0.2) is 30.3 Å². The highest BCUT2D eigenvalue weighted by molar-refractivity contribution is 7.12. The molecule has 0 radical (unpaired) electrons. The van der Waals surface area contributed by atoms with Crippen molar-refractivity contribution in [3.8, 4) is 5.75 Å². The molecule has 0 N–H and O–H groups in total. The minimum absolute atomic E-state index is 0.0928. The molecule has 1 aromatic carbocycles. The zero-order chi connectivity index (χ0) is 13.1. The van der Waals surface area contributed by atoms with Crippen LogP contribution in [0.1, 0.15) is 33.2 Å². The van der Waals surface area contributed by atoms with Crippen molar-refractivity contribution in [3.63, 3.8) is 0 Å². The van der Waals surface area contributed by atoms with Crippen LogP contribution in [-0.2, 0) is 6.42 Å². The summed E-state index contributed by atoms with van der Waals surface area (Å²) < 4.78 is 5.34. The monoisotopic (exact) mass is 280 g/mol. The quantitative estimate of drug-likeness (QED) is 0.720. The maximum absolute atomic E-state index is 6.54. The third-order valence-corrected chi connectivity index (χ3v) is 4.92. The van der Waals surface area contributed by atoms with E-state index in [0.717, 1.165) is 23.3 Å². The second-order valence-electron chi connectivity index (χ2n) is 4.25. The van der Waals surface area contributed by atoms with E-state index < -0.39 is 0 Å². The van der Waals surface area contributed by atoms with Crippen molar-refractivity contribution in [2.45, 2.75) is 25.6 Å². The Labute approximate surface area is 117 Å². The molecule has 0 saturated heterocycles. The molecule has 0 aliphatic carbocycles. The normalized spacial score (nSPS) is 12.4. The number of rotatable bonds is 4. The van der Waals surface area contributed by atoms with Gasteiger partial charge in [0.1, 0.15) is 5.75 Å². The average Bonchev–Trinajstić information content (AvgIpc) is 2.87. The molecule has 1 atom stereocenters. The number of thiophene rings is 1. The van der Waals surface area contributed by atoms with Crippen molar-refractivity contribution in [1.82, 2.24) is 0 Å². The number of methoxy groups -OCH3 is 1. The Balaban J connectivity index is 2.30. The summed E-state index contributed by atoms with van der Waals surface area (Å²) in [7, 11) is 1.69. The molecular formula is C15H17ClOS. The van der Waals surface area contributed by atoms with Crippen LogP contribution in [0.5, 0.6) is 5.75 Å². The summed E-state index contributed by atoms with van der Waals surface area (Å²) >= 11 is 8.32. The minimum atomic E-state index is -0.0928. The molecule has 1 nitrogen and oxygen atoms in total. The van der Waals surface area contributed by atoms with Gasteiger partial charge in [0.15, 0.2) is 0 Å². The first-order chi connectivity index (χ1) is 8.65. The number of alkyl halides is 1. The zero-order valence-electron chi connectivity index (χ0n) is 10.9. The summed E-state index contributed by atoms with van der Waals surface area (Å²) in [6.45, 7) is 4.19. The van der Waals surface area contributed by atoms with Crippen LogP contribution in [0.3, 0.4) is 0 Å². The topological polar surface area (TPSA) is 9.23 Å². The molecule has 0 saturated carbocycles. The fraction of sp³-hybridized carbons (Fsp3) is 0.333. The standard InChI is InChI=1S/C15H17ClOS/c1-4-12-7-8-14(18-12)15(16)11-6-5-10(2)13(9-11)17-3/h5-9,15H,4H2,1-3H3. The highest BCUT2D eigenvalue weighted by Gasteiger charge is 2.14. The lowest BCUT2D eigenvalue weighted by atomic mass is 10.1. The van der Waals surface area contributed by atoms with Crippen molar-refractivity contribution in [1.29, 1.82) is 0 Å². The minimum Gasteiger partial charge on any atom is -0.496 e. The van der Waals surface area contributed by atoms with Gasteiger partial charge < -0.3 is 4.74 Å². The van der Waals surface area contributed by atoms with E-state index in [-0.39, 0.29) is 5.38 Å². The van der Waals surface area contributed by atoms with Crippen LogP contribution in [0.25, 0.3) is 0 Å². The van der Waals surface area contributed by atoms with Crippen LogP contribution >= 0.6 is 22.9 Å². The van der Waals surface area contributed by atoms with E-state index in [2.05, 4.69) is 31.2 Å². The van der Waals surface area contributed by atoms with Crippen LogP contribution < -0.4 is 4.74 Å². The SMILES string of the molecule is CCc1ccc(C(Cl)c2ccc(C)c(OC)c2)s1. The fourth-order valence-corrected chi connectivity index (χ4v) is 3.18. The van der Waals surface area contributed by atoms with Gasteiger partial charge in [-0.15, -0.1) is 22.9 Å². The van der Waals surface area contributed by atoms with Gasteiger partial charge in [-0.2, -0.15) is 0 Å². The van der Waals surface area contributed by atoms with E-state index in [1.165, 1.54) is 9.75 Å². The summed E-state index contributed by atoms with van der Waals surface area (Å²) in [6, 6.07) is 10.4. The predicted octanol–water partition coefficient (Wildman–Crippen LogP) is 4.96. The molecule has 0 fully saturated rings. The summed E-state index contributed by atoms with van der Waals surface area (Å²) in [5.74, 6) is 0.894. The highest BCUT2D eigenvalue weighted by Crippen LogP contribution is 2.35. The second-order valence-corrected chi connectivity index (χ2v) is 5.89. The van der Waals surface area contributed by atoms with Gasteiger partial charge in [0.2, 0.25) is 0 Å². The van der Waals surface area contributed by atoms with Gasteiger partial charge in [0.25, 0.3) is 0 Å². The number of hydrogen-bond donors (Lipinski definition) is 0. The molecule has 0 amide bonds. The van der Waals surface area contributed by atoms with Crippen molar-refractivity contribution in [3.05, 3.63) is 51.2 Å². The lowest BCUT2D eigenvalue weighted by molar-refractivity contribution is 0.411. The summed E-state index contributed by atoms with van der Waals surface area (Å²) in [5, 5.41) is -0.0928. The van der Waals surface area contributed by atoms with E-state index in [9.17, 15) is 0 Å². The molecule has 0 spiro atoms. The molecule has 2 aromatic rings. The van der Waals surface area contributed by atoms with E-state index in [4.69, 9.17) is 16.3 Å². The molecule has 18 heavy (non-hydrogen) atoms. The van der Waals surface area contributed by atoms with Gasteiger partial charge in [0, 0.05) is 9.75 Å². The molecule has 0 aliphatic heterocycles. The van der Waals surface area contributed by atoms with E-state index >= 15 is 0 Å². The summed E-state index contributed by atoms with van der Waals surface area (Å²) in [4.78, 5) is 2.56. The molecular weight excluding hydrogens is 264 g/mol. The molecule has 96 valence electrons. The maximum atomic E-state index is 6.54. The fourth-order valence-electron chi connectivity index (χ4n) is 1.88. The lowest BCUT2D eigenvalue weighted by Crippen LogP contribution is -1.93. The average molecular weight is 281 g/mol. The number of aryl methyl sites for hydroxylation is 2. The molecule has 0 aliphatic rings. The third kappa shape index (κ3) is 2.70. The second kappa shape index (κ2) is 5.77. The molecule has 1 unspecified atom stereocenters. The van der Waals surface area contributed by atoms with Crippen LogP contribution in [0, 0.1) is 6.92 Å². The first kappa shape index (κ1) is 13.4. The van der Waals surface area contributed by atoms with Crippen LogP contribution in [0.4, 0.5) is 0 Å². The largest absolute Gasteiger partial charge is 0.496 e. The van der Waals surface area contributed by atoms with Gasteiger partial charge in [0.05, 0.1) is 12.5 Å². The van der Waals surface area contributed by atoms with Gasteiger partial charge in [-0.05, 0) is 42.7 Å². The first-order valence-corrected chi connectivity index (χ1v) is 7.28. The third-order valence-electron chi connectivity index (χ3n) is 3.01. The van der Waals surface area contributed by atoms with Crippen molar-refractivity contribution >= 4 is 22.9 Å². The number of hydrogen-bond acceptors (Lipinski definition) is 2. The van der Waals surface area contributed by atoms with Crippen molar-refractivity contribution in [2.75, 3.05) is 7.11 Å². The molecule has 0 bridgehead atoms. The maximum Gasteiger partial charge on any atom is 0.122 e. The zero-order valence-corrected chi connectivity index (χ0v) is 12.4. The van der Waals surface area contributed by atoms with Gasteiger partial charge >= 0.3 is 0 Å². The molecule has 1 aromatic heterocycles. The Hall–Kier alpha value is -0.990. The van der Waals surface area contributed by atoms with Gasteiger partial charge in [-0.25, -0.2) is 0 Å². The molecule has 2 rings (SSSR count). The summed E-state index contributed by atoms with van der Waals surface area (Å²) in [5.41, 5.74) is 2.22. The van der Waals surface area contributed by atoms with E-state index in [0.29, 0.717) is 0 Å². The Kier molecular flexibility index (Phi) is 4.31. The van der Waals surface area contributed by atoms with Crippen molar-refractivity contribution in [2.24, 2.45) is 0 Å². The Morgan fingerprint density at radius 2 is 2.06 bits per heavy atom. The lowest BCUT2D eigenvalue weighted by Gasteiger charge is -2.11. The predicted molar refractivity (Wildman–Crippen MR) is 79.1 cm³/mol.